The smallest absolute Gasteiger partial charge is 0.332 e. The summed E-state index contributed by atoms with van der Waals surface area (Å²) >= 11 is 0. The van der Waals surface area contributed by atoms with Crippen molar-refractivity contribution < 1.29 is 38.0 Å². The molecule has 0 bridgehead atoms. The molecule has 30 heavy (non-hydrogen) atoms. The first-order valence-corrected chi connectivity index (χ1v) is 10.0. The Morgan fingerprint density at radius 2 is 1.37 bits per heavy atom. The Labute approximate surface area is 178 Å². The standard InChI is InChI=1S/C22H34O8/c1-22(2,3)30-21(24)17-28-14-13-26-11-12-27-15-16-29-19-8-5-18(6-9-19)7-10-20(23)25-4/h5-6,8-9H,7,10-17H2,1-4H3. The number of rotatable bonds is 15. The van der Waals surface area contributed by atoms with Gasteiger partial charge in [-0.2, -0.15) is 0 Å². The molecule has 0 N–H and O–H groups in total. The molecule has 1 aromatic rings. The summed E-state index contributed by atoms with van der Waals surface area (Å²) in [5.74, 6) is 0.144. The molecule has 8 heteroatoms. The van der Waals surface area contributed by atoms with Gasteiger partial charge in [-0.1, -0.05) is 12.1 Å². The fourth-order valence-corrected chi connectivity index (χ4v) is 2.29. The molecule has 0 aliphatic carbocycles. The van der Waals surface area contributed by atoms with Gasteiger partial charge in [0.1, 0.15) is 24.6 Å². The lowest BCUT2D eigenvalue weighted by Gasteiger charge is -2.19. The lowest BCUT2D eigenvalue weighted by Crippen LogP contribution is -2.27. The third kappa shape index (κ3) is 13.9. The number of hydrogen-bond donors (Lipinski definition) is 0. The molecule has 0 aliphatic rings. The molecular formula is C22H34O8. The van der Waals surface area contributed by atoms with Crippen LogP contribution in [0.1, 0.15) is 32.8 Å². The molecule has 0 unspecified atom stereocenters. The van der Waals surface area contributed by atoms with Gasteiger partial charge >= 0.3 is 11.9 Å². The maximum absolute atomic E-state index is 11.4. The number of ether oxygens (including phenoxy) is 6. The number of benzene rings is 1. The molecule has 0 saturated carbocycles. The SMILES string of the molecule is COC(=O)CCc1ccc(OCCOCCOCCOCC(=O)OC(C)(C)C)cc1. The zero-order valence-corrected chi connectivity index (χ0v) is 18.4. The van der Waals surface area contributed by atoms with Crippen LogP contribution in [0.15, 0.2) is 24.3 Å². The largest absolute Gasteiger partial charge is 0.491 e. The van der Waals surface area contributed by atoms with E-state index >= 15 is 0 Å². The lowest BCUT2D eigenvalue weighted by molar-refractivity contribution is -0.160. The van der Waals surface area contributed by atoms with E-state index in [0.29, 0.717) is 52.5 Å². The predicted molar refractivity (Wildman–Crippen MR) is 111 cm³/mol. The highest BCUT2D eigenvalue weighted by Gasteiger charge is 2.15. The zero-order valence-electron chi connectivity index (χ0n) is 18.4. The quantitative estimate of drug-likeness (QED) is 0.312. The van der Waals surface area contributed by atoms with Crippen LogP contribution in [-0.2, 0) is 39.7 Å². The van der Waals surface area contributed by atoms with E-state index in [2.05, 4.69) is 4.74 Å². The van der Waals surface area contributed by atoms with E-state index in [0.717, 1.165) is 11.3 Å². The van der Waals surface area contributed by atoms with Gasteiger partial charge in [0.05, 0.1) is 40.1 Å². The number of esters is 2. The highest BCUT2D eigenvalue weighted by molar-refractivity contribution is 5.71. The summed E-state index contributed by atoms with van der Waals surface area (Å²) in [6.07, 6.45) is 1.00. The van der Waals surface area contributed by atoms with Crippen molar-refractivity contribution in [1.29, 1.82) is 0 Å². The minimum Gasteiger partial charge on any atom is -0.491 e. The first-order valence-electron chi connectivity index (χ1n) is 10.0. The van der Waals surface area contributed by atoms with Gasteiger partial charge in [-0.25, -0.2) is 4.79 Å². The van der Waals surface area contributed by atoms with E-state index in [4.69, 9.17) is 23.7 Å². The van der Waals surface area contributed by atoms with E-state index in [1.807, 2.05) is 45.0 Å². The van der Waals surface area contributed by atoms with E-state index < -0.39 is 5.60 Å². The topological polar surface area (TPSA) is 89.5 Å². The average Bonchev–Trinajstić information content (AvgIpc) is 2.69. The van der Waals surface area contributed by atoms with Gasteiger partial charge in [0.15, 0.2) is 0 Å². The maximum atomic E-state index is 11.4. The molecule has 0 aliphatic heterocycles. The predicted octanol–water partition coefficient (Wildman–Crippen LogP) is 2.56. The van der Waals surface area contributed by atoms with Crippen molar-refractivity contribution in [3.8, 4) is 5.75 Å². The van der Waals surface area contributed by atoms with Crippen LogP contribution in [0.4, 0.5) is 0 Å². The molecule has 170 valence electrons. The fourth-order valence-electron chi connectivity index (χ4n) is 2.29. The molecule has 0 spiro atoms. The average molecular weight is 427 g/mol. The maximum Gasteiger partial charge on any atom is 0.332 e. The summed E-state index contributed by atoms with van der Waals surface area (Å²) in [4.78, 5) is 22.6. The third-order valence-corrected chi connectivity index (χ3v) is 3.65. The van der Waals surface area contributed by atoms with Crippen molar-refractivity contribution in [3.63, 3.8) is 0 Å². The van der Waals surface area contributed by atoms with E-state index in [-0.39, 0.29) is 18.5 Å². The molecule has 0 saturated heterocycles. The Morgan fingerprint density at radius 1 is 0.800 bits per heavy atom. The Kier molecular flexibility index (Phi) is 12.7. The van der Waals surface area contributed by atoms with E-state index in [1.165, 1.54) is 7.11 Å². The van der Waals surface area contributed by atoms with Crippen LogP contribution >= 0.6 is 0 Å². The summed E-state index contributed by atoms with van der Waals surface area (Å²) in [6, 6.07) is 7.59. The summed E-state index contributed by atoms with van der Waals surface area (Å²) in [6.45, 7) is 7.80. The second kappa shape index (κ2) is 14.8. The molecule has 1 rings (SSSR count). The van der Waals surface area contributed by atoms with Gasteiger partial charge in [0.25, 0.3) is 0 Å². The van der Waals surface area contributed by atoms with Gasteiger partial charge in [0.2, 0.25) is 0 Å². The van der Waals surface area contributed by atoms with Gasteiger partial charge < -0.3 is 28.4 Å². The van der Waals surface area contributed by atoms with Gasteiger partial charge in [-0.15, -0.1) is 0 Å². The van der Waals surface area contributed by atoms with Crippen LogP contribution in [-0.4, -0.2) is 70.9 Å². The minimum atomic E-state index is -0.507. The third-order valence-electron chi connectivity index (χ3n) is 3.65. The van der Waals surface area contributed by atoms with Crippen molar-refractivity contribution >= 4 is 11.9 Å². The highest BCUT2D eigenvalue weighted by atomic mass is 16.6. The Bertz CT molecular complexity index is 607. The minimum absolute atomic E-state index is 0.0826. The summed E-state index contributed by atoms with van der Waals surface area (Å²) in [5.41, 5.74) is 0.545. The zero-order chi connectivity index (χ0) is 22.2. The second-order valence-electron chi connectivity index (χ2n) is 7.43. The van der Waals surface area contributed by atoms with E-state index in [9.17, 15) is 9.59 Å². The van der Waals surface area contributed by atoms with Crippen LogP contribution in [0.25, 0.3) is 0 Å². The van der Waals surface area contributed by atoms with Crippen molar-refractivity contribution in [3.05, 3.63) is 29.8 Å². The van der Waals surface area contributed by atoms with Crippen LogP contribution in [0.3, 0.4) is 0 Å². The number of hydrogen-bond acceptors (Lipinski definition) is 8. The Balaban J connectivity index is 1.95. The first-order chi connectivity index (χ1) is 14.3. The van der Waals surface area contributed by atoms with Crippen LogP contribution < -0.4 is 4.74 Å². The van der Waals surface area contributed by atoms with Crippen LogP contribution in [0, 0.1) is 0 Å². The van der Waals surface area contributed by atoms with Crippen molar-refractivity contribution in [1.82, 2.24) is 0 Å². The molecule has 0 fully saturated rings. The molecular weight excluding hydrogens is 392 g/mol. The molecule has 1 aromatic carbocycles. The molecule has 0 atom stereocenters. The van der Waals surface area contributed by atoms with Gasteiger partial charge in [-0.3, -0.25) is 4.79 Å². The second-order valence-corrected chi connectivity index (χ2v) is 7.43. The summed E-state index contributed by atoms with van der Waals surface area (Å²) < 4.78 is 31.4. The molecule has 0 heterocycles. The highest BCUT2D eigenvalue weighted by Crippen LogP contribution is 2.13. The van der Waals surface area contributed by atoms with Crippen molar-refractivity contribution in [2.24, 2.45) is 0 Å². The fraction of sp³-hybridized carbons (Fsp3) is 0.636. The molecule has 0 aromatic heterocycles. The normalized spacial score (nSPS) is 11.2. The van der Waals surface area contributed by atoms with E-state index in [1.54, 1.807) is 0 Å². The van der Waals surface area contributed by atoms with Gasteiger partial charge in [-0.05, 0) is 44.9 Å². The molecule has 0 radical (unpaired) electrons. The first kappa shape index (κ1) is 25.9. The summed E-state index contributed by atoms with van der Waals surface area (Å²) in [7, 11) is 1.39. The van der Waals surface area contributed by atoms with Gasteiger partial charge in [0, 0.05) is 6.42 Å². The van der Waals surface area contributed by atoms with Crippen molar-refractivity contribution in [2.75, 3.05) is 53.4 Å². The monoisotopic (exact) mass is 426 g/mol. The van der Waals surface area contributed by atoms with Crippen LogP contribution in [0.5, 0.6) is 5.75 Å². The number of carbonyl (C=O) groups is 2. The molecule has 8 nitrogen and oxygen atoms in total. The number of carbonyl (C=O) groups excluding carboxylic acids is 2. The summed E-state index contributed by atoms with van der Waals surface area (Å²) in [5, 5.41) is 0. The molecule has 0 amide bonds. The van der Waals surface area contributed by atoms with Crippen molar-refractivity contribution in [2.45, 2.75) is 39.2 Å². The Morgan fingerprint density at radius 3 is 1.93 bits per heavy atom. The number of methoxy groups -OCH3 is 1. The van der Waals surface area contributed by atoms with Crippen LogP contribution in [0.2, 0.25) is 0 Å². The Hall–Kier alpha value is -2.16. The number of aryl methyl sites for hydroxylation is 1. The lowest BCUT2D eigenvalue weighted by atomic mass is 10.1.